The normalized spacial score (nSPS) is 32.5. The molecule has 0 heterocycles. The van der Waals surface area contributed by atoms with Crippen molar-refractivity contribution in [3.63, 3.8) is 0 Å². The number of carbonyl (C=O) groups is 1. The predicted octanol–water partition coefficient (Wildman–Crippen LogP) is 3.85. The highest BCUT2D eigenvalue weighted by atomic mass is 16.4. The van der Waals surface area contributed by atoms with Crippen LogP contribution in [-0.4, -0.2) is 11.1 Å². The minimum absolute atomic E-state index is 0.0318. The van der Waals surface area contributed by atoms with E-state index in [1.807, 2.05) is 0 Å². The molecule has 0 aromatic carbocycles. The van der Waals surface area contributed by atoms with Crippen LogP contribution in [0.1, 0.15) is 64.2 Å². The lowest BCUT2D eigenvalue weighted by molar-refractivity contribution is -0.145. The van der Waals surface area contributed by atoms with Gasteiger partial charge in [0.25, 0.3) is 0 Å². The maximum absolute atomic E-state index is 11.2. The van der Waals surface area contributed by atoms with E-state index in [2.05, 4.69) is 0 Å². The van der Waals surface area contributed by atoms with Gasteiger partial charge in [0.2, 0.25) is 0 Å². The van der Waals surface area contributed by atoms with Gasteiger partial charge in [0.15, 0.2) is 0 Å². The van der Waals surface area contributed by atoms with Crippen molar-refractivity contribution < 1.29 is 9.90 Å². The Morgan fingerprint density at radius 3 is 2.25 bits per heavy atom. The molecule has 0 spiro atoms. The first-order valence-electron chi connectivity index (χ1n) is 7.00. The Hall–Kier alpha value is -0.530. The third-order valence-corrected chi connectivity index (χ3v) is 4.59. The molecule has 0 bridgehead atoms. The number of hydrogen-bond donors (Lipinski definition) is 1. The van der Waals surface area contributed by atoms with Crippen molar-refractivity contribution in [1.82, 2.24) is 0 Å². The number of hydrogen-bond acceptors (Lipinski definition) is 1. The molecule has 2 heteroatoms. The van der Waals surface area contributed by atoms with Crippen LogP contribution in [0.4, 0.5) is 0 Å². The van der Waals surface area contributed by atoms with E-state index >= 15 is 0 Å². The molecule has 2 aliphatic rings. The molecule has 92 valence electrons. The van der Waals surface area contributed by atoms with Crippen molar-refractivity contribution in [1.29, 1.82) is 0 Å². The minimum Gasteiger partial charge on any atom is -0.481 e. The minimum atomic E-state index is -0.541. The summed E-state index contributed by atoms with van der Waals surface area (Å²) in [6.45, 7) is 0. The van der Waals surface area contributed by atoms with E-state index in [9.17, 15) is 9.90 Å². The number of carboxylic acid groups (broad SMARTS) is 1. The van der Waals surface area contributed by atoms with Gasteiger partial charge in [-0.1, -0.05) is 44.9 Å². The zero-order valence-electron chi connectivity index (χ0n) is 10.2. The molecule has 16 heavy (non-hydrogen) atoms. The second-order valence-corrected chi connectivity index (χ2v) is 5.73. The van der Waals surface area contributed by atoms with E-state index in [0.29, 0.717) is 5.92 Å². The molecule has 2 aliphatic carbocycles. The molecule has 2 rings (SSSR count). The van der Waals surface area contributed by atoms with Crippen LogP contribution in [0.25, 0.3) is 0 Å². The molecule has 2 saturated carbocycles. The second-order valence-electron chi connectivity index (χ2n) is 5.73. The Labute approximate surface area is 98.4 Å². The van der Waals surface area contributed by atoms with Crippen LogP contribution in [0, 0.1) is 17.8 Å². The summed E-state index contributed by atoms with van der Waals surface area (Å²) >= 11 is 0. The van der Waals surface area contributed by atoms with E-state index in [1.165, 1.54) is 44.9 Å². The van der Waals surface area contributed by atoms with Gasteiger partial charge in [0.05, 0.1) is 5.92 Å². The smallest absolute Gasteiger partial charge is 0.306 e. The average Bonchev–Trinajstić information content (AvgIpc) is 2.31. The summed E-state index contributed by atoms with van der Waals surface area (Å²) in [6, 6.07) is 0. The van der Waals surface area contributed by atoms with Gasteiger partial charge < -0.3 is 5.11 Å². The van der Waals surface area contributed by atoms with Crippen LogP contribution in [0.5, 0.6) is 0 Å². The summed E-state index contributed by atoms with van der Waals surface area (Å²) < 4.78 is 0. The summed E-state index contributed by atoms with van der Waals surface area (Å²) in [5, 5.41) is 9.24. The molecule has 2 unspecified atom stereocenters. The Morgan fingerprint density at radius 2 is 1.56 bits per heavy atom. The monoisotopic (exact) mass is 224 g/mol. The fourth-order valence-corrected chi connectivity index (χ4v) is 3.67. The van der Waals surface area contributed by atoms with Crippen molar-refractivity contribution in [2.45, 2.75) is 64.2 Å². The first-order valence-corrected chi connectivity index (χ1v) is 7.00. The zero-order valence-corrected chi connectivity index (χ0v) is 10.2. The topological polar surface area (TPSA) is 37.3 Å². The highest BCUT2D eigenvalue weighted by molar-refractivity contribution is 5.70. The number of rotatable bonds is 3. The van der Waals surface area contributed by atoms with Crippen LogP contribution in [-0.2, 0) is 4.79 Å². The van der Waals surface area contributed by atoms with E-state index < -0.39 is 5.97 Å². The maximum Gasteiger partial charge on any atom is 0.306 e. The molecule has 0 saturated heterocycles. The quantitative estimate of drug-likeness (QED) is 0.790. The molecular weight excluding hydrogens is 200 g/mol. The summed E-state index contributed by atoms with van der Waals surface area (Å²) in [6.07, 6.45) is 12.5. The molecule has 2 nitrogen and oxygen atoms in total. The SMILES string of the molecule is O=C(O)C1CCCCC1CC1CCCCC1. The molecule has 2 atom stereocenters. The lowest BCUT2D eigenvalue weighted by Crippen LogP contribution is -2.29. The lowest BCUT2D eigenvalue weighted by Gasteiger charge is -2.32. The van der Waals surface area contributed by atoms with Gasteiger partial charge in [-0.25, -0.2) is 0 Å². The van der Waals surface area contributed by atoms with Gasteiger partial charge in [-0.2, -0.15) is 0 Å². The fourth-order valence-electron chi connectivity index (χ4n) is 3.67. The van der Waals surface area contributed by atoms with Crippen molar-refractivity contribution in [2.75, 3.05) is 0 Å². The zero-order chi connectivity index (χ0) is 11.4. The number of carboxylic acids is 1. The van der Waals surface area contributed by atoms with Gasteiger partial charge in [-0.3, -0.25) is 4.79 Å². The lowest BCUT2D eigenvalue weighted by atomic mass is 9.72. The molecule has 0 radical (unpaired) electrons. The van der Waals surface area contributed by atoms with Gasteiger partial charge >= 0.3 is 5.97 Å². The summed E-state index contributed by atoms with van der Waals surface area (Å²) in [4.78, 5) is 11.2. The van der Waals surface area contributed by atoms with Crippen LogP contribution in [0.2, 0.25) is 0 Å². The van der Waals surface area contributed by atoms with Crippen molar-refractivity contribution in [3.8, 4) is 0 Å². The van der Waals surface area contributed by atoms with Crippen molar-refractivity contribution in [3.05, 3.63) is 0 Å². The summed E-state index contributed by atoms with van der Waals surface area (Å²) in [5.41, 5.74) is 0. The second kappa shape index (κ2) is 5.70. The van der Waals surface area contributed by atoms with Gasteiger partial charge in [0.1, 0.15) is 0 Å². The molecule has 0 amide bonds. The molecule has 0 aliphatic heterocycles. The van der Waals surface area contributed by atoms with E-state index in [4.69, 9.17) is 0 Å². The van der Waals surface area contributed by atoms with E-state index in [1.54, 1.807) is 0 Å². The Balaban J connectivity index is 1.87. The fraction of sp³-hybridized carbons (Fsp3) is 0.929. The van der Waals surface area contributed by atoms with Crippen LogP contribution >= 0.6 is 0 Å². The van der Waals surface area contributed by atoms with Crippen molar-refractivity contribution >= 4 is 5.97 Å². The van der Waals surface area contributed by atoms with Gasteiger partial charge in [-0.05, 0) is 31.1 Å². The molecule has 2 fully saturated rings. The van der Waals surface area contributed by atoms with Crippen LogP contribution < -0.4 is 0 Å². The van der Waals surface area contributed by atoms with E-state index in [0.717, 1.165) is 25.2 Å². The highest BCUT2D eigenvalue weighted by Gasteiger charge is 2.32. The highest BCUT2D eigenvalue weighted by Crippen LogP contribution is 2.38. The third-order valence-electron chi connectivity index (χ3n) is 4.59. The van der Waals surface area contributed by atoms with Crippen LogP contribution in [0.15, 0.2) is 0 Å². The molecule has 1 N–H and O–H groups in total. The summed E-state index contributed by atoms with van der Waals surface area (Å²) in [5.74, 6) is 0.740. The van der Waals surface area contributed by atoms with Gasteiger partial charge in [-0.15, -0.1) is 0 Å². The first-order chi connectivity index (χ1) is 7.77. The van der Waals surface area contributed by atoms with Crippen LogP contribution in [0.3, 0.4) is 0 Å². The van der Waals surface area contributed by atoms with Crippen molar-refractivity contribution in [2.24, 2.45) is 17.8 Å². The standard InChI is InChI=1S/C14H24O2/c15-14(16)13-9-5-4-8-12(13)10-11-6-2-1-3-7-11/h11-13H,1-10H2,(H,15,16). The average molecular weight is 224 g/mol. The molecule has 0 aromatic heterocycles. The Kier molecular flexibility index (Phi) is 4.25. The Morgan fingerprint density at radius 1 is 0.938 bits per heavy atom. The largest absolute Gasteiger partial charge is 0.481 e. The Bertz CT molecular complexity index is 231. The maximum atomic E-state index is 11.2. The first kappa shape index (κ1) is 11.9. The molecular formula is C14H24O2. The number of aliphatic carboxylic acids is 1. The third kappa shape index (κ3) is 2.99. The summed E-state index contributed by atoms with van der Waals surface area (Å²) in [7, 11) is 0. The molecule has 0 aromatic rings. The van der Waals surface area contributed by atoms with E-state index in [-0.39, 0.29) is 5.92 Å². The van der Waals surface area contributed by atoms with Gasteiger partial charge in [0, 0.05) is 0 Å². The predicted molar refractivity (Wildman–Crippen MR) is 64.3 cm³/mol.